The number of carboxylic acids is 1. The van der Waals surface area contributed by atoms with E-state index in [2.05, 4.69) is 6.58 Å². The number of rotatable bonds is 7. The number of aliphatic carboxylic acids is 1. The van der Waals surface area contributed by atoms with Crippen molar-refractivity contribution in [1.82, 2.24) is 0 Å². The number of para-hydroxylation sites is 1. The molecule has 0 aromatic heterocycles. The van der Waals surface area contributed by atoms with E-state index in [0.717, 1.165) is 21.6 Å². The smallest absolute Gasteiger partial charge is 0.323 e. The molecule has 5 heteroatoms. The van der Waals surface area contributed by atoms with E-state index in [1.54, 1.807) is 18.0 Å². The molecule has 0 fully saturated rings. The van der Waals surface area contributed by atoms with Gasteiger partial charge >= 0.3 is 5.97 Å². The second-order valence-electron chi connectivity index (χ2n) is 4.35. The zero-order chi connectivity index (χ0) is 15.8. The van der Waals surface area contributed by atoms with E-state index in [0.29, 0.717) is 0 Å². The lowest BCUT2D eigenvalue weighted by atomic mass is 10.3. The molecular formula is C16H18FNO2S. The van der Waals surface area contributed by atoms with Gasteiger partial charge in [0.05, 0.1) is 5.69 Å². The molecule has 3 nitrogen and oxygen atoms in total. The number of hydrogen-bond donors (Lipinski definition) is 1. The standard InChI is InChI=1S/C16H18FNO2S/c1-4-13(17)10-9-12(2)21-15-8-6-5-7-14(15)18(3)11-16(19)20/h4-10H,1,11H2,2-3H3,(H,19,20)/b12-9+,13-10+. The van der Waals surface area contributed by atoms with E-state index >= 15 is 0 Å². The number of allylic oxidation sites excluding steroid dienone is 5. The lowest BCUT2D eigenvalue weighted by molar-refractivity contribution is -0.135. The lowest BCUT2D eigenvalue weighted by Crippen LogP contribution is -2.25. The fraction of sp³-hybridized carbons (Fsp3) is 0.188. The van der Waals surface area contributed by atoms with Crippen LogP contribution in [0.25, 0.3) is 0 Å². The zero-order valence-corrected chi connectivity index (χ0v) is 12.9. The van der Waals surface area contributed by atoms with E-state index in [1.165, 1.54) is 17.8 Å². The van der Waals surface area contributed by atoms with E-state index < -0.39 is 11.8 Å². The predicted molar refractivity (Wildman–Crippen MR) is 86.3 cm³/mol. The first kappa shape index (κ1) is 17.0. The van der Waals surface area contributed by atoms with Crippen molar-refractivity contribution in [3.8, 4) is 0 Å². The third kappa shape index (κ3) is 5.87. The van der Waals surface area contributed by atoms with Crippen molar-refractivity contribution in [1.29, 1.82) is 0 Å². The highest BCUT2D eigenvalue weighted by atomic mass is 32.2. The Morgan fingerprint density at radius 2 is 2.10 bits per heavy atom. The molecule has 1 aromatic carbocycles. The Morgan fingerprint density at radius 1 is 1.43 bits per heavy atom. The first-order valence-corrected chi connectivity index (χ1v) is 7.12. The van der Waals surface area contributed by atoms with Crippen LogP contribution in [0.5, 0.6) is 0 Å². The SMILES string of the molecule is C=C/C(F)=C\C=C(/C)Sc1ccccc1N(C)CC(=O)O. The zero-order valence-electron chi connectivity index (χ0n) is 12.0. The normalized spacial score (nSPS) is 12.1. The van der Waals surface area contributed by atoms with Gasteiger partial charge in [0.15, 0.2) is 0 Å². The molecule has 1 N–H and O–H groups in total. The van der Waals surface area contributed by atoms with E-state index in [-0.39, 0.29) is 6.54 Å². The van der Waals surface area contributed by atoms with Gasteiger partial charge in [-0.2, -0.15) is 0 Å². The molecule has 0 radical (unpaired) electrons. The fourth-order valence-corrected chi connectivity index (χ4v) is 2.58. The summed E-state index contributed by atoms with van der Waals surface area (Å²) in [6.07, 6.45) is 4.15. The third-order valence-electron chi connectivity index (χ3n) is 2.59. The minimum Gasteiger partial charge on any atom is -0.480 e. The van der Waals surface area contributed by atoms with Crippen molar-refractivity contribution in [3.05, 3.63) is 59.8 Å². The number of hydrogen-bond acceptors (Lipinski definition) is 3. The summed E-state index contributed by atoms with van der Waals surface area (Å²) >= 11 is 1.46. The molecule has 0 spiro atoms. The monoisotopic (exact) mass is 307 g/mol. The number of carbonyl (C=O) groups is 1. The molecule has 1 rings (SSSR count). The fourth-order valence-electron chi connectivity index (χ4n) is 1.62. The van der Waals surface area contributed by atoms with Crippen LogP contribution >= 0.6 is 11.8 Å². The minimum atomic E-state index is -0.888. The summed E-state index contributed by atoms with van der Waals surface area (Å²) in [5.41, 5.74) is 0.825. The summed E-state index contributed by atoms with van der Waals surface area (Å²) in [6, 6.07) is 7.50. The lowest BCUT2D eigenvalue weighted by Gasteiger charge is -2.20. The van der Waals surface area contributed by atoms with Crippen LogP contribution in [0.2, 0.25) is 0 Å². The summed E-state index contributed by atoms with van der Waals surface area (Å²) < 4.78 is 13.0. The summed E-state index contributed by atoms with van der Waals surface area (Å²) in [7, 11) is 1.73. The first-order valence-electron chi connectivity index (χ1n) is 6.30. The molecule has 0 amide bonds. The molecule has 0 atom stereocenters. The molecule has 1 aromatic rings. The molecule has 0 unspecified atom stereocenters. The molecule has 112 valence electrons. The molecular weight excluding hydrogens is 289 g/mol. The summed E-state index contributed by atoms with van der Waals surface area (Å²) in [6.45, 7) is 5.13. The second-order valence-corrected chi connectivity index (χ2v) is 5.64. The van der Waals surface area contributed by atoms with Crippen molar-refractivity contribution < 1.29 is 14.3 Å². The second kappa shape index (κ2) is 8.32. The van der Waals surface area contributed by atoms with Gasteiger partial charge in [0.1, 0.15) is 12.4 Å². The van der Waals surface area contributed by atoms with Crippen LogP contribution in [0.1, 0.15) is 6.92 Å². The maximum Gasteiger partial charge on any atom is 0.323 e. The summed E-state index contributed by atoms with van der Waals surface area (Å²) in [5.74, 6) is -1.29. The Labute approximate surface area is 128 Å². The highest BCUT2D eigenvalue weighted by Gasteiger charge is 2.10. The van der Waals surface area contributed by atoms with Crippen molar-refractivity contribution in [3.63, 3.8) is 0 Å². The van der Waals surface area contributed by atoms with E-state index in [4.69, 9.17) is 5.11 Å². The summed E-state index contributed by atoms with van der Waals surface area (Å²) in [4.78, 5) is 14.3. The van der Waals surface area contributed by atoms with Gasteiger partial charge in [0, 0.05) is 11.9 Å². The molecule has 0 saturated carbocycles. The van der Waals surface area contributed by atoms with Crippen molar-refractivity contribution >= 4 is 23.4 Å². The Bertz CT molecular complexity index is 581. The van der Waals surface area contributed by atoms with Crippen LogP contribution in [0.3, 0.4) is 0 Å². The average Bonchev–Trinajstić information content (AvgIpc) is 2.44. The number of benzene rings is 1. The van der Waals surface area contributed by atoms with Crippen LogP contribution in [-0.2, 0) is 4.79 Å². The Balaban J connectivity index is 2.93. The first-order chi connectivity index (χ1) is 9.93. The molecule has 0 saturated heterocycles. The van der Waals surface area contributed by atoms with Crippen LogP contribution < -0.4 is 4.90 Å². The van der Waals surface area contributed by atoms with Crippen molar-refractivity contribution in [2.45, 2.75) is 11.8 Å². The Kier molecular flexibility index (Phi) is 6.75. The molecule has 0 aliphatic heterocycles. The number of carboxylic acid groups (broad SMARTS) is 1. The van der Waals surface area contributed by atoms with Gasteiger partial charge in [-0.25, -0.2) is 4.39 Å². The molecule has 0 heterocycles. The van der Waals surface area contributed by atoms with Gasteiger partial charge in [0.2, 0.25) is 0 Å². The van der Waals surface area contributed by atoms with Gasteiger partial charge < -0.3 is 10.0 Å². The number of thioether (sulfide) groups is 1. The van der Waals surface area contributed by atoms with Crippen LogP contribution in [-0.4, -0.2) is 24.7 Å². The van der Waals surface area contributed by atoms with Gasteiger partial charge in [-0.05, 0) is 42.2 Å². The number of anilines is 1. The Hall–Kier alpha value is -2.01. The van der Waals surface area contributed by atoms with Crippen LogP contribution in [0, 0.1) is 0 Å². The maximum absolute atomic E-state index is 13.0. The number of nitrogens with zero attached hydrogens (tertiary/aromatic N) is 1. The topological polar surface area (TPSA) is 40.5 Å². The van der Waals surface area contributed by atoms with Crippen LogP contribution in [0.4, 0.5) is 10.1 Å². The molecule has 21 heavy (non-hydrogen) atoms. The largest absolute Gasteiger partial charge is 0.480 e. The van der Waals surface area contributed by atoms with Gasteiger partial charge in [-0.1, -0.05) is 30.5 Å². The number of halogens is 1. The van der Waals surface area contributed by atoms with Crippen LogP contribution in [0.15, 0.2) is 64.7 Å². The molecule has 0 aliphatic rings. The van der Waals surface area contributed by atoms with Gasteiger partial charge in [-0.15, -0.1) is 0 Å². The average molecular weight is 307 g/mol. The third-order valence-corrected chi connectivity index (χ3v) is 3.62. The quantitative estimate of drug-likeness (QED) is 0.604. The van der Waals surface area contributed by atoms with Crippen molar-refractivity contribution in [2.24, 2.45) is 0 Å². The maximum atomic E-state index is 13.0. The van der Waals surface area contributed by atoms with Gasteiger partial charge in [0.25, 0.3) is 0 Å². The van der Waals surface area contributed by atoms with E-state index in [9.17, 15) is 9.18 Å². The van der Waals surface area contributed by atoms with E-state index in [1.807, 2.05) is 31.2 Å². The number of likely N-dealkylation sites (N-methyl/N-ethyl adjacent to an activating group) is 1. The Morgan fingerprint density at radius 3 is 2.71 bits per heavy atom. The highest BCUT2D eigenvalue weighted by molar-refractivity contribution is 8.03. The molecule has 0 aliphatic carbocycles. The highest BCUT2D eigenvalue weighted by Crippen LogP contribution is 2.34. The van der Waals surface area contributed by atoms with Crippen molar-refractivity contribution in [2.75, 3.05) is 18.5 Å². The molecule has 0 bridgehead atoms. The van der Waals surface area contributed by atoms with Gasteiger partial charge in [-0.3, -0.25) is 4.79 Å². The minimum absolute atomic E-state index is 0.0780. The summed E-state index contributed by atoms with van der Waals surface area (Å²) in [5, 5.41) is 8.87. The predicted octanol–water partition coefficient (Wildman–Crippen LogP) is 4.24.